The fraction of sp³-hybridized carbons (Fsp3) is 0.267. The van der Waals surface area contributed by atoms with Gasteiger partial charge in [0.15, 0.2) is 11.6 Å². The molecule has 2 heterocycles. The maximum Gasteiger partial charge on any atom is 0.344 e. The van der Waals surface area contributed by atoms with Gasteiger partial charge in [-0.1, -0.05) is 6.58 Å². The molecule has 0 saturated heterocycles. The number of benzene rings is 1. The molecule has 2 aromatic rings. The third-order valence-electron chi connectivity index (χ3n) is 3.91. The first-order valence-corrected chi connectivity index (χ1v) is 7.21. The van der Waals surface area contributed by atoms with Gasteiger partial charge in [0.2, 0.25) is 0 Å². The molecule has 0 spiro atoms. The first kappa shape index (κ1) is 15.7. The quantitative estimate of drug-likeness (QED) is 0.477. The third kappa shape index (κ3) is 2.60. The summed E-state index contributed by atoms with van der Waals surface area (Å²) >= 11 is 0. The number of hydrogen-bond acceptors (Lipinski definition) is 7. The van der Waals surface area contributed by atoms with Gasteiger partial charge in [0.25, 0.3) is 5.69 Å². The van der Waals surface area contributed by atoms with Gasteiger partial charge in [-0.15, -0.1) is 10.2 Å². The summed E-state index contributed by atoms with van der Waals surface area (Å²) < 4.78 is 6.61. The number of ether oxygens (including phenoxy) is 1. The number of anilines is 1. The zero-order valence-electron chi connectivity index (χ0n) is 13.0. The van der Waals surface area contributed by atoms with E-state index in [0.29, 0.717) is 31.1 Å². The molecule has 24 heavy (non-hydrogen) atoms. The molecule has 9 nitrogen and oxygen atoms in total. The van der Waals surface area contributed by atoms with Crippen LogP contribution in [0.25, 0.3) is 6.08 Å². The lowest BCUT2D eigenvalue weighted by Crippen LogP contribution is -2.34. The molecule has 0 unspecified atom stereocenters. The number of esters is 1. The van der Waals surface area contributed by atoms with Crippen LogP contribution in [-0.4, -0.2) is 39.3 Å². The number of methoxy groups -OCH3 is 1. The van der Waals surface area contributed by atoms with Crippen LogP contribution >= 0.6 is 0 Å². The van der Waals surface area contributed by atoms with E-state index in [-0.39, 0.29) is 11.3 Å². The Morgan fingerprint density at radius 3 is 2.88 bits per heavy atom. The van der Waals surface area contributed by atoms with Gasteiger partial charge < -0.3 is 14.2 Å². The molecule has 0 bridgehead atoms. The molecule has 9 heteroatoms. The van der Waals surface area contributed by atoms with Crippen molar-refractivity contribution in [3.05, 3.63) is 52.1 Å². The molecule has 1 aliphatic rings. The van der Waals surface area contributed by atoms with Crippen LogP contribution in [0.5, 0.6) is 0 Å². The van der Waals surface area contributed by atoms with Gasteiger partial charge in [-0.3, -0.25) is 10.1 Å². The number of aromatic nitrogens is 3. The van der Waals surface area contributed by atoms with Crippen molar-refractivity contribution in [2.24, 2.45) is 0 Å². The molecule has 0 saturated carbocycles. The topological polar surface area (TPSA) is 103 Å². The van der Waals surface area contributed by atoms with Crippen LogP contribution in [0.1, 0.15) is 22.0 Å². The summed E-state index contributed by atoms with van der Waals surface area (Å²) in [6, 6.07) is 4.41. The summed E-state index contributed by atoms with van der Waals surface area (Å²) in [5, 5.41) is 19.3. The van der Waals surface area contributed by atoms with Crippen molar-refractivity contribution in [3.8, 4) is 0 Å². The van der Waals surface area contributed by atoms with Gasteiger partial charge in [-0.2, -0.15) is 0 Å². The van der Waals surface area contributed by atoms with Gasteiger partial charge in [-0.25, -0.2) is 4.79 Å². The molecular weight excluding hydrogens is 314 g/mol. The number of nitro benzene ring substituents is 1. The number of carbonyl (C=O) groups is 1. The van der Waals surface area contributed by atoms with Crippen molar-refractivity contribution in [3.63, 3.8) is 0 Å². The number of rotatable bonds is 4. The minimum Gasteiger partial charge on any atom is -0.465 e. The summed E-state index contributed by atoms with van der Waals surface area (Å²) in [6.45, 7) is 5.51. The monoisotopic (exact) mass is 329 g/mol. The Balaban J connectivity index is 1.94. The predicted octanol–water partition coefficient (Wildman–Crippen LogP) is 1.64. The van der Waals surface area contributed by atoms with Gasteiger partial charge in [0.1, 0.15) is 5.56 Å². The summed E-state index contributed by atoms with van der Waals surface area (Å²) in [7, 11) is 1.19. The van der Waals surface area contributed by atoms with Crippen LogP contribution in [0.4, 0.5) is 11.4 Å². The zero-order valence-corrected chi connectivity index (χ0v) is 13.0. The smallest absolute Gasteiger partial charge is 0.344 e. The second kappa shape index (κ2) is 6.11. The van der Waals surface area contributed by atoms with Crippen molar-refractivity contribution in [2.45, 2.75) is 13.1 Å². The summed E-state index contributed by atoms with van der Waals surface area (Å²) in [4.78, 5) is 24.3. The number of fused-ring (bicyclic) bond motifs is 1. The molecule has 1 aromatic carbocycles. The normalized spacial score (nSPS) is 13.3. The number of carbonyl (C=O) groups excluding carboxylic acids is 1. The number of nitro groups is 1. The second-order valence-electron chi connectivity index (χ2n) is 5.20. The zero-order chi connectivity index (χ0) is 17.3. The van der Waals surface area contributed by atoms with E-state index < -0.39 is 10.9 Å². The van der Waals surface area contributed by atoms with Crippen LogP contribution in [0, 0.1) is 10.1 Å². The molecule has 3 rings (SSSR count). The lowest BCUT2D eigenvalue weighted by Gasteiger charge is -2.29. The molecule has 1 aliphatic heterocycles. The van der Waals surface area contributed by atoms with Crippen molar-refractivity contribution >= 4 is 23.4 Å². The van der Waals surface area contributed by atoms with E-state index in [0.717, 1.165) is 5.82 Å². The van der Waals surface area contributed by atoms with Crippen molar-refractivity contribution in [2.75, 3.05) is 18.6 Å². The van der Waals surface area contributed by atoms with Crippen molar-refractivity contribution in [1.29, 1.82) is 0 Å². The maximum atomic E-state index is 11.8. The first-order valence-electron chi connectivity index (χ1n) is 7.21. The average Bonchev–Trinajstić information content (AvgIpc) is 3.02. The van der Waals surface area contributed by atoms with Crippen LogP contribution < -0.4 is 4.90 Å². The summed E-state index contributed by atoms with van der Waals surface area (Å²) in [5.74, 6) is 0.746. The lowest BCUT2D eigenvalue weighted by atomic mass is 10.1. The highest BCUT2D eigenvalue weighted by molar-refractivity contribution is 5.95. The number of hydrogen-bond donors (Lipinski definition) is 0. The van der Waals surface area contributed by atoms with Gasteiger partial charge in [0.05, 0.1) is 18.6 Å². The van der Waals surface area contributed by atoms with Crippen molar-refractivity contribution < 1.29 is 14.5 Å². The molecule has 0 aliphatic carbocycles. The molecule has 0 radical (unpaired) electrons. The van der Waals surface area contributed by atoms with E-state index in [2.05, 4.69) is 21.5 Å². The van der Waals surface area contributed by atoms with Gasteiger partial charge in [-0.05, 0) is 18.2 Å². The van der Waals surface area contributed by atoms with Gasteiger partial charge >= 0.3 is 5.97 Å². The largest absolute Gasteiger partial charge is 0.465 e. The maximum absolute atomic E-state index is 11.8. The van der Waals surface area contributed by atoms with E-state index in [1.54, 1.807) is 12.1 Å². The molecule has 0 N–H and O–H groups in total. The molecule has 0 amide bonds. The van der Waals surface area contributed by atoms with Crippen LogP contribution in [-0.2, 0) is 17.8 Å². The molecule has 0 fully saturated rings. The van der Waals surface area contributed by atoms with Gasteiger partial charge in [0, 0.05) is 24.8 Å². The SMILES string of the molecule is C=Cc1nnc2n1CCN(c1ccc([N+](=O)[O-])c(C(=O)OC)c1)C2. The Morgan fingerprint density at radius 2 is 2.21 bits per heavy atom. The van der Waals surface area contributed by atoms with E-state index in [1.807, 2.05) is 9.47 Å². The fourth-order valence-electron chi connectivity index (χ4n) is 2.70. The molecule has 0 atom stereocenters. The molecule has 1 aromatic heterocycles. The Labute approximate surface area is 137 Å². The van der Waals surface area contributed by atoms with E-state index in [4.69, 9.17) is 0 Å². The minimum atomic E-state index is -0.738. The average molecular weight is 329 g/mol. The second-order valence-corrected chi connectivity index (χ2v) is 5.20. The van der Waals surface area contributed by atoms with E-state index in [9.17, 15) is 14.9 Å². The lowest BCUT2D eigenvalue weighted by molar-refractivity contribution is -0.385. The Morgan fingerprint density at radius 1 is 1.42 bits per heavy atom. The summed E-state index contributed by atoms with van der Waals surface area (Å²) in [5.41, 5.74) is 0.342. The van der Waals surface area contributed by atoms with Crippen LogP contribution in [0.15, 0.2) is 24.8 Å². The van der Waals surface area contributed by atoms with Crippen LogP contribution in [0.2, 0.25) is 0 Å². The van der Waals surface area contributed by atoms with Crippen LogP contribution in [0.3, 0.4) is 0 Å². The standard InChI is InChI=1S/C15H15N5O4/c1-3-13-16-17-14-9-18(6-7-19(13)14)10-4-5-12(20(22)23)11(8-10)15(21)24-2/h3-5,8H,1,6-7,9H2,2H3. The highest BCUT2D eigenvalue weighted by Crippen LogP contribution is 2.28. The third-order valence-corrected chi connectivity index (χ3v) is 3.91. The molecular formula is C15H15N5O4. The molecule has 124 valence electrons. The minimum absolute atomic E-state index is 0.0705. The Kier molecular flexibility index (Phi) is 3.98. The Bertz CT molecular complexity index is 829. The number of nitrogens with zero attached hydrogens (tertiary/aromatic N) is 5. The van der Waals surface area contributed by atoms with Crippen molar-refractivity contribution in [1.82, 2.24) is 14.8 Å². The summed E-state index contributed by atoms with van der Waals surface area (Å²) in [6.07, 6.45) is 1.65. The van der Waals surface area contributed by atoms with E-state index >= 15 is 0 Å². The highest BCUT2D eigenvalue weighted by atomic mass is 16.6. The van der Waals surface area contributed by atoms with E-state index in [1.165, 1.54) is 19.2 Å². The predicted molar refractivity (Wildman–Crippen MR) is 85.6 cm³/mol. The highest BCUT2D eigenvalue weighted by Gasteiger charge is 2.25. The Hall–Kier alpha value is -3.23. The fourth-order valence-corrected chi connectivity index (χ4v) is 2.70. The first-order chi connectivity index (χ1) is 11.5.